The molecule has 2 atom stereocenters. The smallest absolute Gasteiger partial charge is 0.352 e. The Morgan fingerprint density at radius 3 is 2.88 bits per heavy atom. The molecule has 0 radical (unpaired) electrons. The molecule has 2 aromatic heterocycles. The van der Waals surface area contributed by atoms with Crippen molar-refractivity contribution < 1.29 is 19.5 Å². The van der Waals surface area contributed by atoms with Gasteiger partial charge in [-0.2, -0.15) is 11.8 Å². The first-order chi connectivity index (χ1) is 15.4. The number of aromatic nitrogens is 3. The van der Waals surface area contributed by atoms with Crippen LogP contribution in [0.3, 0.4) is 0 Å². The Hall–Kier alpha value is -1.81. The summed E-state index contributed by atoms with van der Waals surface area (Å²) in [6, 6.07) is -0.760. The maximum Gasteiger partial charge on any atom is 0.352 e. The third kappa shape index (κ3) is 4.90. The number of carbonyl (C=O) groups is 3. The number of carbonyl (C=O) groups excluding carboxylic acids is 2. The van der Waals surface area contributed by atoms with Crippen molar-refractivity contribution in [3.05, 3.63) is 27.4 Å². The summed E-state index contributed by atoms with van der Waals surface area (Å²) in [7, 11) is 0. The number of hydrogen-bond donors (Lipinski definition) is 3. The minimum absolute atomic E-state index is 0.00197. The second-order valence-electron chi connectivity index (χ2n) is 6.75. The fourth-order valence-electron chi connectivity index (χ4n) is 3.21. The predicted molar refractivity (Wildman–Crippen MR) is 128 cm³/mol. The van der Waals surface area contributed by atoms with Gasteiger partial charge in [-0.05, 0) is 11.8 Å². The number of nitrogens with two attached hydrogens (primary N) is 1. The number of carboxylic acids is 1. The largest absolute Gasteiger partial charge is 0.477 e. The lowest BCUT2D eigenvalue weighted by Gasteiger charge is -2.49. The first kappa shape index (κ1) is 23.4. The number of aliphatic carboxylic acids is 1. The van der Waals surface area contributed by atoms with Crippen molar-refractivity contribution >= 4 is 80.9 Å². The van der Waals surface area contributed by atoms with E-state index in [-0.39, 0.29) is 18.0 Å². The van der Waals surface area contributed by atoms with E-state index in [2.05, 4.69) is 20.5 Å². The Morgan fingerprint density at radius 2 is 2.19 bits per heavy atom. The van der Waals surface area contributed by atoms with Gasteiger partial charge in [-0.1, -0.05) is 23.1 Å². The zero-order valence-corrected chi connectivity index (χ0v) is 20.7. The van der Waals surface area contributed by atoms with Gasteiger partial charge < -0.3 is 16.2 Å². The molecule has 1 saturated heterocycles. The first-order valence-electron chi connectivity index (χ1n) is 9.20. The van der Waals surface area contributed by atoms with Gasteiger partial charge in [0.05, 0.1) is 12.1 Å². The standard InChI is InChI=1S/C17H18N6O4S5/c1-28-6-10-21-22-17(32-10)31-4-7-3-29-14-11(13(25)23(14)12(7)15(26)27)20-9(24)2-8-5-30-16(18)19-8/h5,11,14H,2-4,6H2,1H3,(H2,18,19)(H,20,24)(H,26,27)/t11?,14-/m0/s1. The Bertz CT molecular complexity index is 1090. The van der Waals surface area contributed by atoms with Crippen molar-refractivity contribution in [2.75, 3.05) is 23.5 Å². The third-order valence-corrected chi connectivity index (χ3v) is 9.51. The van der Waals surface area contributed by atoms with Gasteiger partial charge >= 0.3 is 5.97 Å². The predicted octanol–water partition coefficient (Wildman–Crippen LogP) is 1.51. The lowest BCUT2D eigenvalue weighted by molar-refractivity contribution is -0.150. The van der Waals surface area contributed by atoms with E-state index in [1.807, 2.05) is 6.26 Å². The number of carboxylic acid groups (broad SMARTS) is 1. The molecule has 10 nitrogen and oxygen atoms in total. The maximum atomic E-state index is 12.7. The van der Waals surface area contributed by atoms with Crippen LogP contribution in [0.5, 0.6) is 0 Å². The van der Waals surface area contributed by atoms with E-state index in [1.54, 1.807) is 17.1 Å². The number of β-lactam (4-membered cyclic amide) rings is 1. The number of nitrogen functional groups attached to an aromatic ring is 1. The first-order valence-corrected chi connectivity index (χ1v) is 14.3. The lowest BCUT2D eigenvalue weighted by Crippen LogP contribution is -2.70. The fourth-order valence-corrected chi connectivity index (χ4v) is 7.85. The molecule has 0 aliphatic carbocycles. The van der Waals surface area contributed by atoms with Crippen LogP contribution in [-0.2, 0) is 26.6 Å². The second kappa shape index (κ2) is 9.99. The number of thioether (sulfide) groups is 3. The zero-order valence-electron chi connectivity index (χ0n) is 16.6. The zero-order chi connectivity index (χ0) is 22.8. The summed E-state index contributed by atoms with van der Waals surface area (Å²) in [5, 5.41) is 23.3. The van der Waals surface area contributed by atoms with Crippen molar-refractivity contribution in [3.63, 3.8) is 0 Å². The van der Waals surface area contributed by atoms with E-state index in [9.17, 15) is 19.5 Å². The van der Waals surface area contributed by atoms with Crippen molar-refractivity contribution in [2.45, 2.75) is 27.9 Å². The minimum Gasteiger partial charge on any atom is -0.477 e. The molecule has 4 N–H and O–H groups in total. The minimum atomic E-state index is -1.15. The van der Waals surface area contributed by atoms with Crippen LogP contribution >= 0.6 is 58.0 Å². The van der Waals surface area contributed by atoms with Crippen LogP contribution in [-0.4, -0.2) is 72.1 Å². The molecule has 15 heteroatoms. The summed E-state index contributed by atoms with van der Waals surface area (Å²) in [6.45, 7) is 0. The molecule has 0 spiro atoms. The third-order valence-electron chi connectivity index (χ3n) is 4.56. The van der Waals surface area contributed by atoms with Crippen LogP contribution < -0.4 is 11.1 Å². The van der Waals surface area contributed by atoms with Gasteiger partial charge in [-0.3, -0.25) is 14.5 Å². The summed E-state index contributed by atoms with van der Waals surface area (Å²) in [4.78, 5) is 42.3. The van der Waals surface area contributed by atoms with E-state index < -0.39 is 23.3 Å². The fraction of sp³-hybridized carbons (Fsp3) is 0.412. The average molecular weight is 531 g/mol. The van der Waals surface area contributed by atoms with Crippen LogP contribution in [0.2, 0.25) is 0 Å². The highest BCUT2D eigenvalue weighted by Crippen LogP contribution is 2.41. The summed E-state index contributed by atoms with van der Waals surface area (Å²) in [5.74, 6) is -0.290. The van der Waals surface area contributed by atoms with E-state index in [4.69, 9.17) is 5.73 Å². The van der Waals surface area contributed by atoms with E-state index in [0.29, 0.717) is 27.9 Å². The lowest BCUT2D eigenvalue weighted by atomic mass is 10.0. The van der Waals surface area contributed by atoms with Gasteiger partial charge in [0, 0.05) is 22.6 Å². The highest BCUT2D eigenvalue weighted by molar-refractivity contribution is 8.02. The van der Waals surface area contributed by atoms with Crippen LogP contribution in [0, 0.1) is 0 Å². The van der Waals surface area contributed by atoms with Crippen molar-refractivity contribution in [1.82, 2.24) is 25.4 Å². The summed E-state index contributed by atoms with van der Waals surface area (Å²) < 4.78 is 0.765. The molecular weight excluding hydrogens is 513 g/mol. The summed E-state index contributed by atoms with van der Waals surface area (Å²) >= 11 is 7.24. The second-order valence-corrected chi connectivity index (χ2v) is 11.9. The molecule has 32 heavy (non-hydrogen) atoms. The highest BCUT2D eigenvalue weighted by Gasteiger charge is 2.54. The molecule has 0 saturated carbocycles. The number of nitrogens with zero attached hydrogens (tertiary/aromatic N) is 4. The van der Waals surface area contributed by atoms with E-state index >= 15 is 0 Å². The summed E-state index contributed by atoms with van der Waals surface area (Å²) in [5.41, 5.74) is 6.76. The van der Waals surface area contributed by atoms with E-state index in [0.717, 1.165) is 15.1 Å². The van der Waals surface area contributed by atoms with Gasteiger partial charge in [-0.15, -0.1) is 33.3 Å². The van der Waals surface area contributed by atoms with Crippen LogP contribution in [0.15, 0.2) is 21.0 Å². The van der Waals surface area contributed by atoms with Gasteiger partial charge in [0.15, 0.2) is 9.47 Å². The Kier molecular flexibility index (Phi) is 7.29. The van der Waals surface area contributed by atoms with Gasteiger partial charge in [-0.25, -0.2) is 9.78 Å². The monoisotopic (exact) mass is 530 g/mol. The molecule has 0 aromatic carbocycles. The number of amides is 2. The van der Waals surface area contributed by atoms with Gasteiger partial charge in [0.1, 0.15) is 22.1 Å². The van der Waals surface area contributed by atoms with Gasteiger partial charge in [0.2, 0.25) is 5.91 Å². The number of thiazole rings is 1. The molecule has 2 amide bonds. The highest BCUT2D eigenvalue weighted by atomic mass is 32.2. The molecule has 2 aliphatic rings. The molecule has 1 fully saturated rings. The van der Waals surface area contributed by atoms with Crippen LogP contribution in [0.25, 0.3) is 0 Å². The van der Waals surface area contributed by atoms with Crippen LogP contribution in [0.1, 0.15) is 10.7 Å². The Balaban J connectivity index is 1.41. The van der Waals surface area contributed by atoms with Crippen LogP contribution in [0.4, 0.5) is 5.13 Å². The molecule has 4 heterocycles. The molecule has 2 aliphatic heterocycles. The molecule has 4 rings (SSSR count). The number of anilines is 1. The van der Waals surface area contributed by atoms with Crippen molar-refractivity contribution in [1.29, 1.82) is 0 Å². The quantitative estimate of drug-likeness (QED) is 0.320. The number of nitrogens with one attached hydrogen (secondary N) is 1. The average Bonchev–Trinajstić information content (AvgIpc) is 3.38. The number of fused-ring (bicyclic) bond motifs is 1. The van der Waals surface area contributed by atoms with Crippen molar-refractivity contribution in [3.8, 4) is 0 Å². The maximum absolute atomic E-state index is 12.7. The van der Waals surface area contributed by atoms with Gasteiger partial charge in [0.25, 0.3) is 5.91 Å². The Morgan fingerprint density at radius 1 is 1.38 bits per heavy atom. The Labute approximate surface area is 203 Å². The topological polar surface area (TPSA) is 151 Å². The van der Waals surface area contributed by atoms with E-state index in [1.165, 1.54) is 51.1 Å². The summed E-state index contributed by atoms with van der Waals surface area (Å²) in [6.07, 6.45) is 2.00. The molecule has 170 valence electrons. The van der Waals surface area contributed by atoms with Crippen molar-refractivity contribution in [2.24, 2.45) is 0 Å². The number of hydrogen-bond acceptors (Lipinski definition) is 12. The number of rotatable bonds is 9. The molecular formula is C17H18N6O4S5. The molecule has 0 bridgehead atoms. The normalized spacial score (nSPS) is 20.2. The molecule has 2 aromatic rings. The SMILES string of the molecule is CSCc1nnc(SCC2=C(C(=O)O)N3C(=O)C(NC(=O)Cc4csc(N)n4)[C@@H]3SC2)s1. The molecule has 1 unspecified atom stereocenters.